The minimum atomic E-state index is -10.7. The molecule has 0 amide bonds. The number of rotatable bonds is 19. The molecular formula is C22F43. The van der Waals surface area contributed by atoms with E-state index in [4.69, 9.17) is 0 Å². The molecule has 0 aliphatic carbocycles. The molecule has 0 spiro atoms. The molecule has 0 heterocycles. The molecule has 0 rings (SSSR count). The fraction of sp³-hybridized carbons (Fsp3) is 0.909. The SMILES string of the molecule is F/[C]=C(\F)C(F)(F)C(F)(F)C(F)(F)C(F)(F)C(F)(F)C(F)(F)C(F)(F)C(F)(F)C(F)(F)C(F)(F)C(F)(F)C(F)(F)C(F)(F)C(F)(F)C(F)(F)C(F)(F)C(F)(F)C(F)(F)C(F)(F)C(F)(F)F. The second-order valence-electron chi connectivity index (χ2n) is 11.8. The van der Waals surface area contributed by atoms with Gasteiger partial charge in [-0.2, -0.15) is 180 Å². The molecule has 0 atom stereocenters. The fourth-order valence-electron chi connectivity index (χ4n) is 3.73. The quantitative estimate of drug-likeness (QED) is 0.113. The average molecular weight is 1080 g/mol. The molecular weight excluding hydrogens is 1080 g/mol. The fourth-order valence-corrected chi connectivity index (χ4v) is 3.73. The van der Waals surface area contributed by atoms with Gasteiger partial charge in [0.2, 0.25) is 5.83 Å². The van der Waals surface area contributed by atoms with Crippen LogP contribution in [0.1, 0.15) is 0 Å². The minimum Gasteiger partial charge on any atom is -0.201 e. The summed E-state index contributed by atoms with van der Waals surface area (Å²) in [6.45, 7) is 0. The van der Waals surface area contributed by atoms with Crippen molar-refractivity contribution in [1.82, 2.24) is 0 Å². The smallest absolute Gasteiger partial charge is 0.201 e. The largest absolute Gasteiger partial charge is 0.460 e. The second-order valence-corrected chi connectivity index (χ2v) is 11.8. The maximum absolute atomic E-state index is 14.0. The van der Waals surface area contributed by atoms with Gasteiger partial charge in [0.1, 0.15) is 0 Å². The topological polar surface area (TPSA) is 0 Å². The molecule has 0 saturated carbocycles. The van der Waals surface area contributed by atoms with Crippen LogP contribution in [0.3, 0.4) is 0 Å². The lowest BCUT2D eigenvalue weighted by molar-refractivity contribution is -0.495. The van der Waals surface area contributed by atoms with E-state index in [0.717, 1.165) is 0 Å². The Morgan fingerprint density at radius 3 is 0.400 bits per heavy atom. The molecule has 389 valence electrons. The number of hydrogen-bond donors (Lipinski definition) is 0. The lowest BCUT2D eigenvalue weighted by atomic mass is 9.81. The van der Waals surface area contributed by atoms with Gasteiger partial charge in [0, 0.05) is 0 Å². The molecule has 0 unspecified atom stereocenters. The zero-order valence-electron chi connectivity index (χ0n) is 27.3. The molecule has 0 N–H and O–H groups in total. The molecule has 0 aromatic heterocycles. The van der Waals surface area contributed by atoms with Gasteiger partial charge in [-0.05, 0) is 0 Å². The third-order valence-corrected chi connectivity index (χ3v) is 7.81. The Morgan fingerprint density at radius 2 is 0.292 bits per heavy atom. The Morgan fingerprint density at radius 1 is 0.185 bits per heavy atom. The lowest BCUT2D eigenvalue weighted by Crippen LogP contribution is -2.80. The van der Waals surface area contributed by atoms with Crippen molar-refractivity contribution in [2.24, 2.45) is 0 Å². The number of hydrogen-bond acceptors (Lipinski definition) is 0. The highest BCUT2D eigenvalue weighted by Crippen LogP contribution is 2.71. The summed E-state index contributed by atoms with van der Waals surface area (Å²) in [5.41, 5.74) is 0. The van der Waals surface area contributed by atoms with Crippen LogP contribution in [0.25, 0.3) is 0 Å². The van der Waals surface area contributed by atoms with Gasteiger partial charge in [0.15, 0.2) is 6.33 Å². The van der Waals surface area contributed by atoms with E-state index in [-0.39, 0.29) is 0 Å². The van der Waals surface area contributed by atoms with Gasteiger partial charge in [0.05, 0.1) is 0 Å². The normalized spacial score (nSPS) is 17.6. The van der Waals surface area contributed by atoms with E-state index in [1.807, 2.05) is 0 Å². The summed E-state index contributed by atoms with van der Waals surface area (Å²) in [6, 6.07) is 0. The summed E-state index contributed by atoms with van der Waals surface area (Å²) < 4.78 is 580. The standard InChI is InChI=1S/C22F43/c23-1-2(24)3(25,26)4(27,28)5(29,30)6(31,32)7(33,34)8(35,36)9(37,38)10(39,40)11(41,42)12(43,44)13(45,46)14(47,48)15(49,50)16(51,52)17(53,54)18(55,56)19(57,58)20(59,60)21(61,62)22(63,64)65. The third-order valence-electron chi connectivity index (χ3n) is 7.81. The van der Waals surface area contributed by atoms with Crippen LogP contribution in [0.5, 0.6) is 0 Å². The summed E-state index contributed by atoms with van der Waals surface area (Å²) in [7, 11) is 0. The number of halogens is 43. The molecule has 1 radical (unpaired) electrons. The van der Waals surface area contributed by atoms with Gasteiger partial charge in [-0.15, -0.1) is 0 Å². The van der Waals surface area contributed by atoms with Crippen molar-refractivity contribution < 1.29 is 189 Å². The number of allylic oxidation sites excluding steroid dienone is 1. The number of alkyl halides is 41. The summed E-state index contributed by atoms with van der Waals surface area (Å²) in [5, 5.41) is 0. The molecule has 0 bridgehead atoms. The van der Waals surface area contributed by atoms with Crippen LogP contribution in [0.2, 0.25) is 0 Å². The van der Waals surface area contributed by atoms with Crippen molar-refractivity contribution in [3.05, 3.63) is 12.2 Å². The predicted octanol–water partition coefficient (Wildman–Crippen LogP) is 14.2. The van der Waals surface area contributed by atoms with Gasteiger partial charge < -0.3 is 0 Å². The first-order valence-corrected chi connectivity index (χ1v) is 13.4. The van der Waals surface area contributed by atoms with Crippen molar-refractivity contribution in [2.45, 2.75) is 119 Å². The van der Waals surface area contributed by atoms with Gasteiger partial charge in [-0.1, -0.05) is 0 Å². The van der Waals surface area contributed by atoms with Crippen LogP contribution in [-0.2, 0) is 0 Å². The monoisotopic (exact) mass is 1080 g/mol. The van der Waals surface area contributed by atoms with Gasteiger partial charge in [-0.25, -0.2) is 8.78 Å². The van der Waals surface area contributed by atoms with Gasteiger partial charge in [0.25, 0.3) is 0 Å². The predicted molar refractivity (Wildman–Crippen MR) is 109 cm³/mol. The van der Waals surface area contributed by atoms with E-state index in [0.29, 0.717) is 0 Å². The van der Waals surface area contributed by atoms with Crippen LogP contribution >= 0.6 is 0 Å². The molecule has 0 aliphatic rings. The summed E-state index contributed by atoms with van der Waals surface area (Å²) in [4.78, 5) is 0. The van der Waals surface area contributed by atoms with E-state index in [1.54, 1.807) is 0 Å². The molecule has 0 fully saturated rings. The average Bonchev–Trinajstić information content (AvgIpc) is 3.08. The minimum absolute atomic E-state index is 1.50. The lowest BCUT2D eigenvalue weighted by Gasteiger charge is -2.47. The molecule has 0 saturated heterocycles. The van der Waals surface area contributed by atoms with Crippen LogP contribution < -0.4 is 0 Å². The molecule has 0 aliphatic heterocycles. The summed E-state index contributed by atoms with van der Waals surface area (Å²) in [5.74, 6) is -197. The van der Waals surface area contributed by atoms with Crippen LogP contribution in [-0.4, -0.2) is 119 Å². The molecule has 0 aromatic carbocycles. The van der Waals surface area contributed by atoms with Crippen molar-refractivity contribution in [1.29, 1.82) is 0 Å². The Kier molecular flexibility index (Phi) is 14.1. The van der Waals surface area contributed by atoms with Crippen molar-refractivity contribution in [2.75, 3.05) is 0 Å². The van der Waals surface area contributed by atoms with Crippen molar-refractivity contribution in [3.8, 4) is 0 Å². The maximum atomic E-state index is 14.0. The highest BCUT2D eigenvalue weighted by molar-refractivity contribution is 5.24. The second kappa shape index (κ2) is 14.9. The Balaban J connectivity index is 8.03. The van der Waals surface area contributed by atoms with E-state index in [2.05, 4.69) is 0 Å². The van der Waals surface area contributed by atoms with Crippen LogP contribution in [0.15, 0.2) is 5.83 Å². The van der Waals surface area contributed by atoms with E-state index >= 15 is 0 Å². The summed E-state index contributed by atoms with van der Waals surface area (Å²) >= 11 is 0. The van der Waals surface area contributed by atoms with Gasteiger partial charge in [-0.3, -0.25) is 0 Å². The Hall–Kier alpha value is -3.27. The first-order valence-electron chi connectivity index (χ1n) is 13.4. The highest BCUT2D eigenvalue weighted by Gasteiger charge is 3.03. The molecule has 0 aromatic rings. The van der Waals surface area contributed by atoms with E-state index in [1.165, 1.54) is 0 Å². The van der Waals surface area contributed by atoms with Crippen LogP contribution in [0, 0.1) is 6.33 Å². The maximum Gasteiger partial charge on any atom is 0.460 e. The third kappa shape index (κ3) is 6.78. The Bertz CT molecular complexity index is 1760. The highest BCUT2D eigenvalue weighted by atomic mass is 19.4. The zero-order chi connectivity index (χ0) is 54.3. The Labute approximate surface area is 321 Å². The first-order chi connectivity index (χ1) is 27.2. The van der Waals surface area contributed by atoms with Crippen molar-refractivity contribution >= 4 is 0 Å². The molecule has 65 heavy (non-hydrogen) atoms. The first kappa shape index (κ1) is 61.7. The van der Waals surface area contributed by atoms with Gasteiger partial charge >= 0.3 is 119 Å². The van der Waals surface area contributed by atoms with E-state index in [9.17, 15) is 189 Å². The van der Waals surface area contributed by atoms with Crippen molar-refractivity contribution in [3.63, 3.8) is 0 Å². The summed E-state index contributed by atoms with van der Waals surface area (Å²) in [6.07, 6.45) is -10.1. The molecule has 43 heteroatoms. The zero-order valence-corrected chi connectivity index (χ0v) is 27.3. The molecule has 0 nitrogen and oxygen atoms in total. The van der Waals surface area contributed by atoms with Crippen LogP contribution in [0.4, 0.5) is 189 Å². The van der Waals surface area contributed by atoms with E-state index < -0.39 is 131 Å².